The summed E-state index contributed by atoms with van der Waals surface area (Å²) in [6.07, 6.45) is 1.82. The van der Waals surface area contributed by atoms with Gasteiger partial charge in [0.1, 0.15) is 6.04 Å². The Balaban J connectivity index is 2.73. The summed E-state index contributed by atoms with van der Waals surface area (Å²) in [7, 11) is 3.21. The largest absolute Gasteiger partial charge is 0.339 e. The lowest BCUT2D eigenvalue weighted by Gasteiger charge is -2.36. The molecule has 0 saturated heterocycles. The van der Waals surface area contributed by atoms with Crippen LogP contribution in [0.25, 0.3) is 0 Å². The summed E-state index contributed by atoms with van der Waals surface area (Å²) >= 11 is 0. The Labute approximate surface area is 66.6 Å². The maximum absolute atomic E-state index is 5.19. The summed E-state index contributed by atoms with van der Waals surface area (Å²) in [5, 5.41) is 3.09. The van der Waals surface area contributed by atoms with Gasteiger partial charge in [0.05, 0.1) is 0 Å². The topological polar surface area (TPSA) is 42.9 Å². The highest BCUT2D eigenvalue weighted by molar-refractivity contribution is 5.61. The molecule has 64 valence electrons. The second kappa shape index (κ2) is 3.30. The molecule has 0 bridgehead atoms. The van der Waals surface area contributed by atoms with Crippen molar-refractivity contribution in [2.75, 3.05) is 20.8 Å². The Morgan fingerprint density at radius 3 is 2.55 bits per heavy atom. The van der Waals surface area contributed by atoms with E-state index in [-0.39, 0.29) is 6.04 Å². The Morgan fingerprint density at radius 1 is 1.55 bits per heavy atom. The molecule has 1 aliphatic rings. The molecule has 0 aromatic carbocycles. The van der Waals surface area contributed by atoms with Crippen LogP contribution in [0.1, 0.15) is 6.92 Å². The summed E-state index contributed by atoms with van der Waals surface area (Å²) in [4.78, 5) is 4.19. The van der Waals surface area contributed by atoms with Gasteiger partial charge in [0.25, 0.3) is 0 Å². The van der Waals surface area contributed by atoms with Crippen LogP contribution in [-0.4, -0.2) is 38.9 Å². The molecule has 0 fully saturated rings. The van der Waals surface area contributed by atoms with E-state index in [2.05, 4.69) is 10.3 Å². The first kappa shape index (κ1) is 8.64. The number of rotatable bonds is 2. The predicted octanol–water partition coefficient (Wildman–Crippen LogP) is -0.00450. The lowest BCUT2D eigenvalue weighted by Crippen LogP contribution is -2.58. The predicted molar refractivity (Wildman–Crippen MR) is 42.7 cm³/mol. The van der Waals surface area contributed by atoms with Crippen molar-refractivity contribution in [1.82, 2.24) is 5.32 Å². The van der Waals surface area contributed by atoms with E-state index in [9.17, 15) is 0 Å². The van der Waals surface area contributed by atoms with Crippen LogP contribution in [0.2, 0.25) is 0 Å². The second-order valence-electron chi connectivity index (χ2n) is 2.46. The molecule has 1 aliphatic heterocycles. The van der Waals surface area contributed by atoms with E-state index in [1.807, 2.05) is 13.1 Å². The van der Waals surface area contributed by atoms with Crippen molar-refractivity contribution in [3.63, 3.8) is 0 Å². The number of hydrogen-bond acceptors (Lipinski definition) is 4. The van der Waals surface area contributed by atoms with E-state index in [1.165, 1.54) is 0 Å². The van der Waals surface area contributed by atoms with Crippen LogP contribution in [0.15, 0.2) is 4.99 Å². The van der Waals surface area contributed by atoms with Gasteiger partial charge >= 0.3 is 0 Å². The van der Waals surface area contributed by atoms with Crippen LogP contribution in [0.5, 0.6) is 0 Å². The maximum Gasteiger partial charge on any atom is 0.250 e. The standard InChI is InChI=1S/C7H14N2O2/c1-6-7(10-2,11-3)9-5-4-8-6/h4,6,9H,5H2,1-3H3. The van der Waals surface area contributed by atoms with E-state index in [1.54, 1.807) is 14.2 Å². The molecule has 4 nitrogen and oxygen atoms in total. The summed E-state index contributed by atoms with van der Waals surface area (Å²) in [5.41, 5.74) is 0. The summed E-state index contributed by atoms with van der Waals surface area (Å²) in [5.74, 6) is -0.727. The third-order valence-corrected chi connectivity index (χ3v) is 1.93. The van der Waals surface area contributed by atoms with Gasteiger partial charge in [0, 0.05) is 27.0 Å². The molecule has 0 aliphatic carbocycles. The minimum atomic E-state index is -0.727. The Bertz CT molecular complexity index is 155. The molecule has 1 N–H and O–H groups in total. The molecular weight excluding hydrogens is 144 g/mol. The van der Waals surface area contributed by atoms with Gasteiger partial charge in [-0.3, -0.25) is 10.3 Å². The smallest absolute Gasteiger partial charge is 0.250 e. The highest BCUT2D eigenvalue weighted by atomic mass is 16.7. The molecule has 0 aromatic heterocycles. The van der Waals surface area contributed by atoms with Crippen LogP contribution in [0, 0.1) is 0 Å². The quantitative estimate of drug-likeness (QED) is 0.575. The normalized spacial score (nSPS) is 28.8. The second-order valence-corrected chi connectivity index (χ2v) is 2.46. The SMILES string of the molecule is COC1(OC)NCC=NC1C. The Morgan fingerprint density at radius 2 is 2.18 bits per heavy atom. The zero-order valence-corrected chi connectivity index (χ0v) is 7.13. The zero-order valence-electron chi connectivity index (χ0n) is 7.13. The summed E-state index contributed by atoms with van der Waals surface area (Å²) in [6, 6.07) is -0.00810. The fraction of sp³-hybridized carbons (Fsp3) is 0.857. The molecule has 1 rings (SSSR count). The van der Waals surface area contributed by atoms with Crippen molar-refractivity contribution in [1.29, 1.82) is 0 Å². The van der Waals surface area contributed by atoms with Crippen LogP contribution in [-0.2, 0) is 9.47 Å². The van der Waals surface area contributed by atoms with E-state index in [0.717, 1.165) is 0 Å². The zero-order chi connectivity index (χ0) is 8.32. The van der Waals surface area contributed by atoms with E-state index in [0.29, 0.717) is 6.54 Å². The summed E-state index contributed by atoms with van der Waals surface area (Å²) < 4.78 is 10.4. The molecular formula is C7H14N2O2. The molecule has 0 saturated carbocycles. The fourth-order valence-corrected chi connectivity index (χ4v) is 1.21. The molecule has 0 aromatic rings. The van der Waals surface area contributed by atoms with E-state index < -0.39 is 5.91 Å². The van der Waals surface area contributed by atoms with Crippen molar-refractivity contribution in [2.24, 2.45) is 4.99 Å². The molecule has 11 heavy (non-hydrogen) atoms. The number of nitrogens with zero attached hydrogens (tertiary/aromatic N) is 1. The van der Waals surface area contributed by atoms with Crippen LogP contribution in [0.3, 0.4) is 0 Å². The van der Waals surface area contributed by atoms with Crippen LogP contribution >= 0.6 is 0 Å². The first-order valence-corrected chi connectivity index (χ1v) is 3.62. The van der Waals surface area contributed by atoms with Crippen molar-refractivity contribution in [3.8, 4) is 0 Å². The third-order valence-electron chi connectivity index (χ3n) is 1.93. The van der Waals surface area contributed by atoms with Gasteiger partial charge in [-0.25, -0.2) is 0 Å². The van der Waals surface area contributed by atoms with Gasteiger partial charge in [-0.05, 0) is 6.92 Å². The number of aliphatic imine (C=N–C) groups is 1. The first-order chi connectivity index (χ1) is 5.25. The molecule has 4 heteroatoms. The van der Waals surface area contributed by atoms with Crippen LogP contribution < -0.4 is 5.32 Å². The number of hydrogen-bond donors (Lipinski definition) is 1. The minimum absolute atomic E-state index is 0.00810. The molecule has 0 spiro atoms. The Hall–Kier alpha value is -0.450. The van der Waals surface area contributed by atoms with Crippen molar-refractivity contribution < 1.29 is 9.47 Å². The van der Waals surface area contributed by atoms with Crippen molar-refractivity contribution >= 4 is 6.21 Å². The van der Waals surface area contributed by atoms with Gasteiger partial charge in [0.15, 0.2) is 0 Å². The fourth-order valence-electron chi connectivity index (χ4n) is 1.21. The van der Waals surface area contributed by atoms with Crippen molar-refractivity contribution in [2.45, 2.75) is 18.9 Å². The van der Waals surface area contributed by atoms with E-state index >= 15 is 0 Å². The lowest BCUT2D eigenvalue weighted by molar-refractivity contribution is -0.237. The molecule has 0 amide bonds. The van der Waals surface area contributed by atoms with E-state index in [4.69, 9.17) is 9.47 Å². The number of ether oxygens (including phenoxy) is 2. The maximum atomic E-state index is 5.19. The molecule has 0 radical (unpaired) electrons. The van der Waals surface area contributed by atoms with Gasteiger partial charge in [-0.2, -0.15) is 0 Å². The van der Waals surface area contributed by atoms with Gasteiger partial charge in [-0.1, -0.05) is 0 Å². The molecule has 1 heterocycles. The van der Waals surface area contributed by atoms with Gasteiger partial charge in [-0.15, -0.1) is 0 Å². The lowest BCUT2D eigenvalue weighted by atomic mass is 10.2. The molecule has 1 atom stereocenters. The average Bonchev–Trinajstić information content (AvgIpc) is 2.06. The van der Waals surface area contributed by atoms with Gasteiger partial charge < -0.3 is 9.47 Å². The Kier molecular flexibility index (Phi) is 2.59. The highest BCUT2D eigenvalue weighted by Gasteiger charge is 2.37. The highest BCUT2D eigenvalue weighted by Crippen LogP contribution is 2.17. The third kappa shape index (κ3) is 1.42. The van der Waals surface area contributed by atoms with Crippen molar-refractivity contribution in [3.05, 3.63) is 0 Å². The van der Waals surface area contributed by atoms with Crippen LogP contribution in [0.4, 0.5) is 0 Å². The molecule has 1 unspecified atom stereocenters. The first-order valence-electron chi connectivity index (χ1n) is 3.62. The number of nitrogens with one attached hydrogen (secondary N) is 1. The van der Waals surface area contributed by atoms with Gasteiger partial charge in [0.2, 0.25) is 5.91 Å². The summed E-state index contributed by atoms with van der Waals surface area (Å²) in [6.45, 7) is 2.63. The number of methoxy groups -OCH3 is 2. The average molecular weight is 158 g/mol. The monoisotopic (exact) mass is 158 g/mol. The minimum Gasteiger partial charge on any atom is -0.339 e.